The molecule has 0 unspecified atom stereocenters. The van der Waals surface area contributed by atoms with Crippen LogP contribution in [-0.4, -0.2) is 33.0 Å². The van der Waals surface area contributed by atoms with E-state index in [0.717, 1.165) is 16.4 Å². The summed E-state index contributed by atoms with van der Waals surface area (Å²) in [7, 11) is 0. The summed E-state index contributed by atoms with van der Waals surface area (Å²) in [6, 6.07) is 14.8. The number of nitrogens with zero attached hydrogens (tertiary/aromatic N) is 1. The van der Waals surface area contributed by atoms with Crippen LogP contribution in [0, 0.1) is 0 Å². The van der Waals surface area contributed by atoms with Crippen LogP contribution in [0.1, 0.15) is 27.8 Å². The first-order valence-electron chi connectivity index (χ1n) is 7.89. The molecule has 2 aromatic heterocycles. The average Bonchev–Trinajstić information content (AvgIpc) is 3.25. The summed E-state index contributed by atoms with van der Waals surface area (Å²) < 4.78 is 5.35. The van der Waals surface area contributed by atoms with Gasteiger partial charge in [0.2, 0.25) is 5.78 Å². The quantitative estimate of drug-likeness (QED) is 0.442. The largest absolute Gasteiger partial charge is 0.449 e. The lowest BCUT2D eigenvalue weighted by atomic mass is 10.1. The predicted octanol–water partition coefficient (Wildman–Crippen LogP) is 3.47. The fraction of sp³-hybridized carbons (Fsp3) is 0.105. The highest BCUT2D eigenvalue weighted by molar-refractivity contribution is 6.11. The number of ketones is 1. The third kappa shape index (κ3) is 2.57. The van der Waals surface area contributed by atoms with E-state index in [1.54, 1.807) is 19.2 Å². The number of benzene rings is 2. The van der Waals surface area contributed by atoms with E-state index in [9.17, 15) is 9.59 Å². The van der Waals surface area contributed by atoms with E-state index < -0.39 is 12.1 Å². The SMILES string of the molecule is C[C@H](OC(=O)c1n[nH]c2ccccc12)C(=O)c1c[nH]c2ccccc12. The van der Waals surface area contributed by atoms with Crippen molar-refractivity contribution in [2.24, 2.45) is 0 Å². The van der Waals surface area contributed by atoms with Crippen molar-refractivity contribution in [2.45, 2.75) is 13.0 Å². The molecule has 0 aliphatic rings. The van der Waals surface area contributed by atoms with Crippen molar-refractivity contribution in [3.05, 3.63) is 66.0 Å². The van der Waals surface area contributed by atoms with Crippen molar-refractivity contribution < 1.29 is 14.3 Å². The third-order valence-corrected chi connectivity index (χ3v) is 4.17. The van der Waals surface area contributed by atoms with Gasteiger partial charge in [0, 0.05) is 28.0 Å². The molecule has 0 radical (unpaired) electrons. The van der Waals surface area contributed by atoms with E-state index in [1.807, 2.05) is 42.5 Å². The molecule has 2 heterocycles. The van der Waals surface area contributed by atoms with Crippen molar-refractivity contribution in [1.29, 1.82) is 0 Å². The number of hydrogen-bond acceptors (Lipinski definition) is 4. The number of hydrogen-bond donors (Lipinski definition) is 2. The Labute approximate surface area is 142 Å². The van der Waals surface area contributed by atoms with E-state index in [1.165, 1.54) is 0 Å². The van der Waals surface area contributed by atoms with E-state index in [-0.39, 0.29) is 11.5 Å². The zero-order valence-electron chi connectivity index (χ0n) is 13.4. The minimum Gasteiger partial charge on any atom is -0.449 e. The lowest BCUT2D eigenvalue weighted by molar-refractivity contribution is 0.0315. The van der Waals surface area contributed by atoms with E-state index in [4.69, 9.17) is 4.74 Å². The van der Waals surface area contributed by atoms with Gasteiger partial charge in [-0.2, -0.15) is 5.10 Å². The second-order valence-corrected chi connectivity index (χ2v) is 5.78. The van der Waals surface area contributed by atoms with Crippen molar-refractivity contribution >= 4 is 33.6 Å². The number of aromatic nitrogens is 3. The Morgan fingerprint density at radius 1 is 1.00 bits per heavy atom. The molecule has 6 heteroatoms. The van der Waals surface area contributed by atoms with E-state index >= 15 is 0 Å². The van der Waals surface area contributed by atoms with Gasteiger partial charge in [0.1, 0.15) is 0 Å². The summed E-state index contributed by atoms with van der Waals surface area (Å²) in [5.41, 5.74) is 2.28. The van der Waals surface area contributed by atoms with Crippen LogP contribution in [0.25, 0.3) is 21.8 Å². The molecule has 4 aromatic rings. The van der Waals surface area contributed by atoms with Crippen molar-refractivity contribution in [1.82, 2.24) is 15.2 Å². The highest BCUT2D eigenvalue weighted by Crippen LogP contribution is 2.21. The van der Waals surface area contributed by atoms with Crippen molar-refractivity contribution in [3.8, 4) is 0 Å². The number of Topliss-reactive ketones (excluding diaryl/α,β-unsaturated/α-hetero) is 1. The summed E-state index contributed by atoms with van der Waals surface area (Å²) in [4.78, 5) is 28.1. The molecule has 2 aromatic carbocycles. The number of rotatable bonds is 4. The Balaban J connectivity index is 1.58. The van der Waals surface area contributed by atoms with Crippen LogP contribution in [-0.2, 0) is 4.74 Å². The van der Waals surface area contributed by atoms with Crippen LogP contribution in [0.4, 0.5) is 0 Å². The van der Waals surface area contributed by atoms with E-state index in [0.29, 0.717) is 10.9 Å². The Morgan fingerprint density at radius 2 is 1.68 bits per heavy atom. The second-order valence-electron chi connectivity index (χ2n) is 5.78. The number of aromatic amines is 2. The molecular weight excluding hydrogens is 318 g/mol. The molecule has 0 aliphatic carbocycles. The van der Waals surface area contributed by atoms with Gasteiger partial charge in [-0.05, 0) is 19.1 Å². The van der Waals surface area contributed by atoms with E-state index in [2.05, 4.69) is 15.2 Å². The number of carbonyl (C=O) groups excluding carboxylic acids is 2. The fourth-order valence-electron chi connectivity index (χ4n) is 2.88. The maximum atomic E-state index is 12.7. The maximum Gasteiger partial charge on any atom is 0.360 e. The summed E-state index contributed by atoms with van der Waals surface area (Å²) in [6.07, 6.45) is 0.725. The first-order chi connectivity index (χ1) is 12.1. The molecule has 0 saturated carbocycles. The van der Waals surface area contributed by atoms with Crippen molar-refractivity contribution in [3.63, 3.8) is 0 Å². The Bertz CT molecular complexity index is 1090. The van der Waals surface area contributed by atoms with Gasteiger partial charge >= 0.3 is 5.97 Å². The normalized spacial score (nSPS) is 12.4. The Morgan fingerprint density at radius 3 is 2.48 bits per heavy atom. The topological polar surface area (TPSA) is 87.8 Å². The number of nitrogens with one attached hydrogen (secondary N) is 2. The molecule has 0 saturated heterocycles. The lowest BCUT2D eigenvalue weighted by Gasteiger charge is -2.11. The molecule has 0 amide bonds. The van der Waals surface area contributed by atoms with Gasteiger partial charge in [-0.15, -0.1) is 0 Å². The van der Waals surface area contributed by atoms with Gasteiger partial charge in [-0.1, -0.05) is 36.4 Å². The number of fused-ring (bicyclic) bond motifs is 2. The second kappa shape index (κ2) is 5.90. The molecule has 25 heavy (non-hydrogen) atoms. The van der Waals surface area contributed by atoms with Gasteiger partial charge in [0.25, 0.3) is 0 Å². The summed E-state index contributed by atoms with van der Waals surface area (Å²) in [6.45, 7) is 1.57. The monoisotopic (exact) mass is 333 g/mol. The number of esters is 1. The molecule has 4 rings (SSSR count). The predicted molar refractivity (Wildman–Crippen MR) is 93.6 cm³/mol. The smallest absolute Gasteiger partial charge is 0.360 e. The number of H-pyrrole nitrogens is 2. The molecule has 2 N–H and O–H groups in total. The van der Waals surface area contributed by atoms with Crippen LogP contribution < -0.4 is 0 Å². The van der Waals surface area contributed by atoms with Crippen LogP contribution in [0.3, 0.4) is 0 Å². The fourth-order valence-corrected chi connectivity index (χ4v) is 2.88. The molecule has 0 spiro atoms. The molecule has 1 atom stereocenters. The van der Waals surface area contributed by atoms with Crippen LogP contribution in [0.2, 0.25) is 0 Å². The Kier molecular flexibility index (Phi) is 3.57. The first-order valence-corrected chi connectivity index (χ1v) is 7.89. The van der Waals surface area contributed by atoms with Gasteiger partial charge in [-0.3, -0.25) is 9.89 Å². The van der Waals surface area contributed by atoms with Crippen LogP contribution >= 0.6 is 0 Å². The first kappa shape index (κ1) is 15.1. The highest BCUT2D eigenvalue weighted by atomic mass is 16.5. The number of ether oxygens (including phenoxy) is 1. The van der Waals surface area contributed by atoms with Gasteiger partial charge in [-0.25, -0.2) is 4.79 Å². The van der Waals surface area contributed by atoms with Crippen LogP contribution in [0.15, 0.2) is 54.7 Å². The number of carbonyl (C=O) groups is 2. The van der Waals surface area contributed by atoms with Crippen LogP contribution in [0.5, 0.6) is 0 Å². The molecule has 0 aliphatic heterocycles. The Hall–Kier alpha value is -3.41. The standard InChI is InChI=1S/C19H15N3O3/c1-11(18(23)14-10-20-15-8-4-2-6-12(14)15)25-19(24)17-13-7-3-5-9-16(13)21-22-17/h2-11,20H,1H3,(H,21,22)/t11-/m0/s1. The molecule has 0 bridgehead atoms. The van der Waals surface area contributed by atoms with Crippen molar-refractivity contribution in [2.75, 3.05) is 0 Å². The zero-order chi connectivity index (χ0) is 17.4. The minimum absolute atomic E-state index is 0.175. The summed E-state index contributed by atoms with van der Waals surface area (Å²) in [5, 5.41) is 8.26. The van der Waals surface area contributed by atoms with Gasteiger partial charge in [0.15, 0.2) is 11.8 Å². The maximum absolute atomic E-state index is 12.7. The molecule has 6 nitrogen and oxygen atoms in total. The zero-order valence-corrected chi connectivity index (χ0v) is 13.4. The minimum atomic E-state index is -0.915. The van der Waals surface area contributed by atoms with Gasteiger partial charge in [0.05, 0.1) is 5.52 Å². The third-order valence-electron chi connectivity index (χ3n) is 4.17. The number of para-hydroxylation sites is 2. The summed E-state index contributed by atoms with van der Waals surface area (Å²) >= 11 is 0. The average molecular weight is 333 g/mol. The summed E-state index contributed by atoms with van der Waals surface area (Å²) in [5.74, 6) is -0.885. The molecule has 0 fully saturated rings. The molecule has 124 valence electrons. The lowest BCUT2D eigenvalue weighted by Crippen LogP contribution is -2.24. The highest BCUT2D eigenvalue weighted by Gasteiger charge is 2.24. The molecular formula is C19H15N3O3. The van der Waals surface area contributed by atoms with Gasteiger partial charge < -0.3 is 9.72 Å².